The lowest BCUT2D eigenvalue weighted by atomic mass is 10.1. The van der Waals surface area contributed by atoms with Crippen LogP contribution in [0.5, 0.6) is 0 Å². The van der Waals surface area contributed by atoms with Crippen LogP contribution in [-0.4, -0.2) is 19.1 Å². The Labute approximate surface area is 103 Å². The maximum Gasteiger partial charge on any atom is 0.0459 e. The van der Waals surface area contributed by atoms with E-state index in [4.69, 9.17) is 17.3 Å². The van der Waals surface area contributed by atoms with Crippen molar-refractivity contribution in [3.63, 3.8) is 0 Å². The van der Waals surface area contributed by atoms with Gasteiger partial charge in [-0.1, -0.05) is 17.7 Å². The van der Waals surface area contributed by atoms with Crippen molar-refractivity contribution in [2.24, 2.45) is 5.73 Å². The molecule has 0 saturated carbocycles. The van der Waals surface area contributed by atoms with Crippen LogP contribution in [0.25, 0.3) is 0 Å². The first-order chi connectivity index (χ1) is 7.61. The van der Waals surface area contributed by atoms with Crippen LogP contribution >= 0.6 is 11.6 Å². The first-order valence-corrected chi connectivity index (χ1v) is 6.23. The Balaban J connectivity index is 3.14. The molecule has 0 bridgehead atoms. The molecule has 1 aromatic carbocycles. The van der Waals surface area contributed by atoms with Crippen LogP contribution in [0.1, 0.15) is 26.3 Å². The summed E-state index contributed by atoms with van der Waals surface area (Å²) in [5.74, 6) is 0. The summed E-state index contributed by atoms with van der Waals surface area (Å²) in [7, 11) is 0. The minimum absolute atomic E-state index is 0.472. The quantitative estimate of drug-likeness (QED) is 0.857. The maximum atomic E-state index is 6.23. The van der Waals surface area contributed by atoms with Gasteiger partial charge < -0.3 is 10.6 Å². The van der Waals surface area contributed by atoms with Gasteiger partial charge in [-0.2, -0.15) is 0 Å². The Morgan fingerprint density at radius 2 is 2.06 bits per heavy atom. The lowest BCUT2D eigenvalue weighted by Crippen LogP contribution is -2.31. The first kappa shape index (κ1) is 13.3. The van der Waals surface area contributed by atoms with Gasteiger partial charge >= 0.3 is 0 Å². The second kappa shape index (κ2) is 6.12. The van der Waals surface area contributed by atoms with Crippen molar-refractivity contribution in [3.8, 4) is 0 Å². The topological polar surface area (TPSA) is 29.3 Å². The largest absolute Gasteiger partial charge is 0.369 e. The number of benzene rings is 1. The van der Waals surface area contributed by atoms with E-state index in [1.165, 1.54) is 11.3 Å². The van der Waals surface area contributed by atoms with Crippen LogP contribution in [0.3, 0.4) is 0 Å². The van der Waals surface area contributed by atoms with E-state index in [1.54, 1.807) is 0 Å². The molecule has 0 heterocycles. The van der Waals surface area contributed by atoms with Crippen molar-refractivity contribution >= 4 is 17.3 Å². The molecule has 3 heteroatoms. The fourth-order valence-corrected chi connectivity index (χ4v) is 2.29. The molecule has 0 aliphatic heterocycles. The summed E-state index contributed by atoms with van der Waals surface area (Å²) in [6.07, 6.45) is 0.832. The fraction of sp³-hybridized carbons (Fsp3) is 0.538. The monoisotopic (exact) mass is 240 g/mol. The van der Waals surface area contributed by atoms with Gasteiger partial charge in [-0.3, -0.25) is 0 Å². The summed E-state index contributed by atoms with van der Waals surface area (Å²) in [5.41, 5.74) is 8.03. The van der Waals surface area contributed by atoms with Crippen molar-refractivity contribution in [1.29, 1.82) is 0 Å². The number of hydrogen-bond acceptors (Lipinski definition) is 2. The second-order valence-corrected chi connectivity index (χ2v) is 4.56. The number of halogens is 1. The third kappa shape index (κ3) is 2.89. The molecule has 0 aliphatic rings. The fourth-order valence-electron chi connectivity index (χ4n) is 2.02. The van der Waals surface area contributed by atoms with Crippen LogP contribution in [-0.2, 0) is 6.42 Å². The van der Waals surface area contributed by atoms with Crippen LogP contribution in [0.4, 0.5) is 5.69 Å². The van der Waals surface area contributed by atoms with Gasteiger partial charge in [0.15, 0.2) is 0 Å². The minimum Gasteiger partial charge on any atom is -0.369 e. The molecule has 2 nitrogen and oxygen atoms in total. The number of anilines is 1. The molecule has 1 aromatic rings. The summed E-state index contributed by atoms with van der Waals surface area (Å²) >= 11 is 6.23. The molecule has 0 atom stereocenters. The maximum absolute atomic E-state index is 6.23. The van der Waals surface area contributed by atoms with E-state index in [-0.39, 0.29) is 0 Å². The SMILES string of the molecule is CCN(c1cccc(Cl)c1CCN)C(C)C. The zero-order valence-electron chi connectivity index (χ0n) is 10.3. The Kier molecular flexibility index (Phi) is 5.10. The normalized spacial score (nSPS) is 10.9. The molecule has 0 spiro atoms. The predicted octanol–water partition coefficient (Wildman–Crippen LogP) is 3.08. The number of hydrogen-bond donors (Lipinski definition) is 1. The van der Waals surface area contributed by atoms with E-state index in [2.05, 4.69) is 31.7 Å². The van der Waals surface area contributed by atoms with Crippen molar-refractivity contribution in [2.75, 3.05) is 18.0 Å². The lowest BCUT2D eigenvalue weighted by Gasteiger charge is -2.30. The molecule has 0 unspecified atom stereocenters. The van der Waals surface area contributed by atoms with Gasteiger partial charge in [-0.15, -0.1) is 0 Å². The third-order valence-electron chi connectivity index (χ3n) is 2.76. The molecule has 0 radical (unpaired) electrons. The van der Waals surface area contributed by atoms with Crippen LogP contribution in [0.15, 0.2) is 18.2 Å². The molecule has 0 saturated heterocycles. The molecular weight excluding hydrogens is 220 g/mol. The van der Waals surface area contributed by atoms with E-state index < -0.39 is 0 Å². The van der Waals surface area contributed by atoms with Gasteiger partial charge in [0.05, 0.1) is 0 Å². The number of nitrogens with two attached hydrogens (primary N) is 1. The summed E-state index contributed by atoms with van der Waals surface area (Å²) < 4.78 is 0. The van der Waals surface area contributed by atoms with Gasteiger partial charge in [-0.25, -0.2) is 0 Å². The van der Waals surface area contributed by atoms with Crippen molar-refractivity contribution in [2.45, 2.75) is 33.2 Å². The van der Waals surface area contributed by atoms with Gasteiger partial charge in [-0.05, 0) is 51.4 Å². The molecule has 0 fully saturated rings. The molecule has 0 aromatic heterocycles. The highest BCUT2D eigenvalue weighted by Gasteiger charge is 2.14. The second-order valence-electron chi connectivity index (χ2n) is 4.16. The Bertz CT molecular complexity index is 337. The molecule has 1 rings (SSSR count). The average molecular weight is 241 g/mol. The smallest absolute Gasteiger partial charge is 0.0459 e. The van der Waals surface area contributed by atoms with Gasteiger partial charge in [0, 0.05) is 23.3 Å². The van der Waals surface area contributed by atoms with Gasteiger partial charge in [0.25, 0.3) is 0 Å². The van der Waals surface area contributed by atoms with Gasteiger partial charge in [0.2, 0.25) is 0 Å². The number of rotatable bonds is 5. The third-order valence-corrected chi connectivity index (χ3v) is 3.12. The first-order valence-electron chi connectivity index (χ1n) is 5.85. The van der Waals surface area contributed by atoms with E-state index in [9.17, 15) is 0 Å². The highest BCUT2D eigenvalue weighted by atomic mass is 35.5. The summed E-state index contributed by atoms with van der Waals surface area (Å²) in [5, 5.41) is 0.821. The highest BCUT2D eigenvalue weighted by molar-refractivity contribution is 6.31. The predicted molar refractivity (Wildman–Crippen MR) is 72.4 cm³/mol. The standard InChI is InChI=1S/C13H21ClN2/c1-4-16(10(2)3)13-7-5-6-12(14)11(13)8-9-15/h5-7,10H,4,8-9,15H2,1-3H3. The van der Waals surface area contributed by atoms with E-state index in [1.807, 2.05) is 12.1 Å². The van der Waals surface area contributed by atoms with E-state index in [0.29, 0.717) is 12.6 Å². The molecule has 0 aliphatic carbocycles. The van der Waals surface area contributed by atoms with Crippen molar-refractivity contribution in [1.82, 2.24) is 0 Å². The van der Waals surface area contributed by atoms with E-state index in [0.717, 1.165) is 18.0 Å². The molecular formula is C13H21ClN2. The van der Waals surface area contributed by atoms with Crippen LogP contribution in [0.2, 0.25) is 5.02 Å². The highest BCUT2D eigenvalue weighted by Crippen LogP contribution is 2.29. The molecule has 0 amide bonds. The zero-order chi connectivity index (χ0) is 12.1. The van der Waals surface area contributed by atoms with E-state index >= 15 is 0 Å². The van der Waals surface area contributed by atoms with Crippen LogP contribution < -0.4 is 10.6 Å². The zero-order valence-corrected chi connectivity index (χ0v) is 11.1. The van der Waals surface area contributed by atoms with Crippen LogP contribution in [0, 0.1) is 0 Å². The van der Waals surface area contributed by atoms with Crippen molar-refractivity contribution in [3.05, 3.63) is 28.8 Å². The Hall–Kier alpha value is -0.730. The summed E-state index contributed by atoms with van der Waals surface area (Å²) in [6, 6.07) is 6.54. The molecule has 16 heavy (non-hydrogen) atoms. The van der Waals surface area contributed by atoms with Gasteiger partial charge in [0.1, 0.15) is 0 Å². The Morgan fingerprint density at radius 1 is 1.38 bits per heavy atom. The summed E-state index contributed by atoms with van der Waals surface area (Å²) in [4.78, 5) is 2.34. The molecule has 2 N–H and O–H groups in total. The summed E-state index contributed by atoms with van der Waals surface area (Å²) in [6.45, 7) is 8.16. The molecule has 90 valence electrons. The average Bonchev–Trinajstić information content (AvgIpc) is 2.23. The van der Waals surface area contributed by atoms with Crippen molar-refractivity contribution < 1.29 is 0 Å². The minimum atomic E-state index is 0.472. The number of nitrogens with zero attached hydrogens (tertiary/aromatic N) is 1. The lowest BCUT2D eigenvalue weighted by molar-refractivity contribution is 0.699. The Morgan fingerprint density at radius 3 is 2.56 bits per heavy atom.